The van der Waals surface area contributed by atoms with Gasteiger partial charge in [0.2, 0.25) is 5.88 Å². The van der Waals surface area contributed by atoms with E-state index in [9.17, 15) is 4.79 Å². The molecule has 1 unspecified atom stereocenters. The molecule has 7 heteroatoms. The van der Waals surface area contributed by atoms with Crippen molar-refractivity contribution in [1.82, 2.24) is 9.97 Å². The molecule has 0 radical (unpaired) electrons. The van der Waals surface area contributed by atoms with Gasteiger partial charge < -0.3 is 14.6 Å². The number of nitriles is 1. The van der Waals surface area contributed by atoms with Crippen LogP contribution in [0.4, 0.5) is 0 Å². The van der Waals surface area contributed by atoms with Gasteiger partial charge in [-0.15, -0.1) is 0 Å². The van der Waals surface area contributed by atoms with E-state index in [2.05, 4.69) is 9.97 Å². The number of ether oxygens (including phenoxy) is 2. The minimum Gasteiger partial charge on any atom is -0.478 e. The lowest BCUT2D eigenvalue weighted by atomic mass is 10.1. The third-order valence-electron chi connectivity index (χ3n) is 2.95. The number of aromatic nitrogens is 2. The molecule has 1 aliphatic rings. The molecule has 1 aromatic carbocycles. The van der Waals surface area contributed by atoms with Gasteiger partial charge in [0.05, 0.1) is 12.4 Å². The first kappa shape index (κ1) is 12.9. The summed E-state index contributed by atoms with van der Waals surface area (Å²) in [6.07, 6.45) is 2.12. The lowest BCUT2D eigenvalue weighted by Gasteiger charge is -2.06. The smallest absolute Gasteiger partial charge is 0.345 e. The third kappa shape index (κ3) is 2.60. The van der Waals surface area contributed by atoms with E-state index in [-0.39, 0.29) is 11.6 Å². The fourth-order valence-electron chi connectivity index (χ4n) is 1.96. The van der Waals surface area contributed by atoms with E-state index in [1.165, 1.54) is 12.4 Å². The Morgan fingerprint density at radius 3 is 2.95 bits per heavy atom. The zero-order valence-electron chi connectivity index (χ0n) is 10.7. The highest BCUT2D eigenvalue weighted by Crippen LogP contribution is 2.33. The van der Waals surface area contributed by atoms with E-state index >= 15 is 0 Å². The molecule has 2 aromatic rings. The Labute approximate surface area is 119 Å². The van der Waals surface area contributed by atoms with E-state index in [1.54, 1.807) is 18.2 Å². The van der Waals surface area contributed by atoms with Crippen LogP contribution in [0.1, 0.15) is 11.3 Å². The molecule has 0 fully saturated rings. The summed E-state index contributed by atoms with van der Waals surface area (Å²) in [7, 11) is 0. The summed E-state index contributed by atoms with van der Waals surface area (Å²) in [5.74, 6) is 0.189. The van der Waals surface area contributed by atoms with Crippen LogP contribution in [0.5, 0.6) is 17.4 Å². The molecule has 0 amide bonds. The maximum atomic E-state index is 10.9. The second kappa shape index (κ2) is 5.09. The molecule has 3 rings (SSSR count). The van der Waals surface area contributed by atoms with Gasteiger partial charge in [-0.1, -0.05) is 6.07 Å². The fraction of sp³-hybridized carbons (Fsp3) is 0.143. The summed E-state index contributed by atoms with van der Waals surface area (Å²) < 4.78 is 10.8. The molecule has 0 saturated carbocycles. The van der Waals surface area contributed by atoms with Crippen LogP contribution in [0.3, 0.4) is 0 Å². The number of carboxylic acids is 1. The second-order valence-electron chi connectivity index (χ2n) is 4.37. The van der Waals surface area contributed by atoms with Crippen LogP contribution in [0, 0.1) is 11.3 Å². The van der Waals surface area contributed by atoms with Crippen molar-refractivity contribution in [1.29, 1.82) is 5.26 Å². The first-order chi connectivity index (χ1) is 10.2. The predicted octanol–water partition coefficient (Wildman–Crippen LogP) is 1.53. The molecule has 1 atom stereocenters. The highest BCUT2D eigenvalue weighted by Gasteiger charge is 2.29. The summed E-state index contributed by atoms with van der Waals surface area (Å²) >= 11 is 0. The molecule has 104 valence electrons. The molecule has 0 bridgehead atoms. The molecule has 1 N–H and O–H groups in total. The number of hydrogen-bond donors (Lipinski definition) is 1. The van der Waals surface area contributed by atoms with Crippen molar-refractivity contribution in [3.05, 3.63) is 41.9 Å². The van der Waals surface area contributed by atoms with Crippen LogP contribution in [0.2, 0.25) is 0 Å². The zero-order valence-corrected chi connectivity index (χ0v) is 10.7. The Hall–Kier alpha value is -3.14. The molecule has 0 aliphatic carbocycles. The van der Waals surface area contributed by atoms with Gasteiger partial charge >= 0.3 is 5.97 Å². The number of nitrogens with zero attached hydrogens (tertiary/aromatic N) is 3. The number of aliphatic carboxylic acids is 1. The van der Waals surface area contributed by atoms with Crippen molar-refractivity contribution in [2.45, 2.75) is 12.5 Å². The molecular formula is C14H9N3O4. The zero-order chi connectivity index (χ0) is 14.8. The lowest BCUT2D eigenvalue weighted by molar-refractivity contribution is -0.144. The highest BCUT2D eigenvalue weighted by molar-refractivity contribution is 5.74. The predicted molar refractivity (Wildman–Crippen MR) is 69.0 cm³/mol. The minimum atomic E-state index is -0.994. The van der Waals surface area contributed by atoms with Gasteiger partial charge in [0, 0.05) is 12.5 Å². The van der Waals surface area contributed by atoms with Crippen molar-refractivity contribution < 1.29 is 19.4 Å². The SMILES string of the molecule is N#Cc1cnc(Oc2ccc3c(c2)OC(C(=O)O)C3)cn1. The van der Waals surface area contributed by atoms with Gasteiger partial charge in [-0.2, -0.15) is 5.26 Å². The topological polar surface area (TPSA) is 105 Å². The van der Waals surface area contributed by atoms with Crippen LogP contribution in [0.25, 0.3) is 0 Å². The van der Waals surface area contributed by atoms with Gasteiger partial charge in [0.25, 0.3) is 0 Å². The van der Waals surface area contributed by atoms with Gasteiger partial charge in [0.15, 0.2) is 11.8 Å². The van der Waals surface area contributed by atoms with E-state index < -0.39 is 12.1 Å². The molecular weight excluding hydrogens is 274 g/mol. The van der Waals surface area contributed by atoms with Crippen LogP contribution < -0.4 is 9.47 Å². The summed E-state index contributed by atoms with van der Waals surface area (Å²) in [6, 6.07) is 6.93. The number of fused-ring (bicyclic) bond motifs is 1. The Morgan fingerprint density at radius 2 is 2.29 bits per heavy atom. The summed E-state index contributed by atoms with van der Waals surface area (Å²) in [4.78, 5) is 18.7. The van der Waals surface area contributed by atoms with Crippen molar-refractivity contribution in [3.63, 3.8) is 0 Å². The van der Waals surface area contributed by atoms with Gasteiger partial charge in [-0.3, -0.25) is 0 Å². The van der Waals surface area contributed by atoms with E-state index in [4.69, 9.17) is 19.8 Å². The minimum absolute atomic E-state index is 0.198. The monoisotopic (exact) mass is 283 g/mol. The Kier molecular flexibility index (Phi) is 3.12. The van der Waals surface area contributed by atoms with Crippen molar-refractivity contribution >= 4 is 5.97 Å². The molecule has 1 aliphatic heterocycles. The third-order valence-corrected chi connectivity index (χ3v) is 2.95. The van der Waals surface area contributed by atoms with Gasteiger partial charge in [-0.25, -0.2) is 14.8 Å². The molecule has 0 saturated heterocycles. The average Bonchev–Trinajstić information content (AvgIpc) is 2.91. The summed E-state index contributed by atoms with van der Waals surface area (Å²) in [5.41, 5.74) is 1.02. The number of benzene rings is 1. The number of rotatable bonds is 3. The number of carboxylic acid groups (broad SMARTS) is 1. The quantitative estimate of drug-likeness (QED) is 0.910. The van der Waals surface area contributed by atoms with Crippen molar-refractivity contribution in [2.75, 3.05) is 0 Å². The highest BCUT2D eigenvalue weighted by atomic mass is 16.5. The second-order valence-corrected chi connectivity index (χ2v) is 4.37. The maximum Gasteiger partial charge on any atom is 0.345 e. The Bertz CT molecular complexity index is 737. The first-order valence-electron chi connectivity index (χ1n) is 6.08. The van der Waals surface area contributed by atoms with Gasteiger partial charge in [0.1, 0.15) is 17.6 Å². The molecule has 7 nitrogen and oxygen atoms in total. The Balaban J connectivity index is 1.78. The van der Waals surface area contributed by atoms with Crippen molar-refractivity contribution in [3.8, 4) is 23.4 Å². The largest absolute Gasteiger partial charge is 0.478 e. The lowest BCUT2D eigenvalue weighted by Crippen LogP contribution is -2.24. The van der Waals surface area contributed by atoms with Gasteiger partial charge in [-0.05, 0) is 11.6 Å². The van der Waals surface area contributed by atoms with Crippen LogP contribution in [-0.4, -0.2) is 27.1 Å². The molecule has 0 spiro atoms. The number of hydrogen-bond acceptors (Lipinski definition) is 6. The van der Waals surface area contributed by atoms with E-state index in [1.807, 2.05) is 6.07 Å². The van der Waals surface area contributed by atoms with Crippen LogP contribution in [-0.2, 0) is 11.2 Å². The molecule has 21 heavy (non-hydrogen) atoms. The standard InChI is InChI=1S/C14H9N3O4/c15-5-9-6-17-13(7-16-9)20-10-2-1-8-3-12(14(18)19)21-11(8)4-10/h1-2,4,6-7,12H,3H2,(H,18,19). The van der Waals surface area contributed by atoms with Crippen molar-refractivity contribution in [2.24, 2.45) is 0 Å². The van der Waals surface area contributed by atoms with Crippen LogP contribution in [0.15, 0.2) is 30.6 Å². The maximum absolute atomic E-state index is 10.9. The van der Waals surface area contributed by atoms with Crippen LogP contribution >= 0.6 is 0 Å². The summed E-state index contributed by atoms with van der Waals surface area (Å²) in [5, 5.41) is 17.6. The fourth-order valence-corrected chi connectivity index (χ4v) is 1.96. The number of carbonyl (C=O) groups is 1. The first-order valence-corrected chi connectivity index (χ1v) is 6.08. The normalized spacial score (nSPS) is 15.7. The van der Waals surface area contributed by atoms with E-state index in [0.29, 0.717) is 17.9 Å². The molecule has 1 aromatic heterocycles. The Morgan fingerprint density at radius 1 is 1.43 bits per heavy atom. The van der Waals surface area contributed by atoms with E-state index in [0.717, 1.165) is 5.56 Å². The summed E-state index contributed by atoms with van der Waals surface area (Å²) in [6.45, 7) is 0. The average molecular weight is 283 g/mol. The molecule has 2 heterocycles.